The molecule has 0 bridgehead atoms. The average Bonchev–Trinajstić information content (AvgIpc) is 2.68. The third-order valence-corrected chi connectivity index (χ3v) is 6.46. The van der Waals surface area contributed by atoms with E-state index in [1.807, 2.05) is 36.9 Å². The summed E-state index contributed by atoms with van der Waals surface area (Å²) in [5.74, 6) is 0.224. The van der Waals surface area contributed by atoms with Gasteiger partial charge in [-0.15, -0.1) is 0 Å². The van der Waals surface area contributed by atoms with Crippen LogP contribution < -0.4 is 5.32 Å². The van der Waals surface area contributed by atoms with Crippen molar-refractivity contribution in [1.82, 2.24) is 4.90 Å². The van der Waals surface area contributed by atoms with E-state index in [9.17, 15) is 9.59 Å². The third kappa shape index (κ3) is 5.15. The first-order chi connectivity index (χ1) is 13.4. The zero-order valence-corrected chi connectivity index (χ0v) is 18.4. The molecule has 1 N–H and O–H groups in total. The highest BCUT2D eigenvalue weighted by Gasteiger charge is 2.43. The molecule has 4 nitrogen and oxygen atoms in total. The second-order valence-electron chi connectivity index (χ2n) is 8.50. The molecule has 4 heteroatoms. The van der Waals surface area contributed by atoms with Gasteiger partial charge in [-0.3, -0.25) is 4.79 Å². The van der Waals surface area contributed by atoms with Crippen molar-refractivity contribution in [2.45, 2.75) is 79.6 Å². The molecule has 2 rings (SSSR count). The molecule has 0 aliphatic carbocycles. The molecule has 2 amide bonds. The number of carbonyl (C=O) groups is 2. The number of urea groups is 1. The van der Waals surface area contributed by atoms with E-state index in [4.69, 9.17) is 0 Å². The smallest absolute Gasteiger partial charge is 0.321 e. The molecule has 1 aromatic rings. The van der Waals surface area contributed by atoms with Gasteiger partial charge in [0.15, 0.2) is 5.78 Å². The number of hydrogen-bond donors (Lipinski definition) is 1. The maximum atomic E-state index is 12.6. The Morgan fingerprint density at radius 2 is 1.86 bits per heavy atom. The van der Waals surface area contributed by atoms with Gasteiger partial charge in [0.2, 0.25) is 0 Å². The van der Waals surface area contributed by atoms with Crippen LogP contribution in [0, 0.1) is 11.3 Å². The number of carbonyl (C=O) groups excluding carboxylic acids is 2. The van der Waals surface area contributed by atoms with Crippen molar-refractivity contribution in [3.05, 3.63) is 29.3 Å². The zero-order chi connectivity index (χ0) is 20.7. The van der Waals surface area contributed by atoms with Crippen LogP contribution in [-0.4, -0.2) is 29.8 Å². The number of nitrogens with one attached hydrogen (secondary N) is 1. The lowest BCUT2D eigenvalue weighted by Gasteiger charge is -2.50. The molecule has 1 saturated heterocycles. The number of amides is 2. The fourth-order valence-corrected chi connectivity index (χ4v) is 4.07. The van der Waals surface area contributed by atoms with E-state index in [2.05, 4.69) is 26.1 Å². The molecule has 1 unspecified atom stereocenters. The number of hydrogen-bond acceptors (Lipinski definition) is 2. The fourth-order valence-electron chi connectivity index (χ4n) is 4.07. The SMILES string of the molecule is CCCCCC1(CC)CN(C(=O)Nc2ccc(C(=O)C(C)CC)c(CC)c2)C1. The highest BCUT2D eigenvalue weighted by Crippen LogP contribution is 2.39. The molecular weight excluding hydrogens is 348 g/mol. The summed E-state index contributed by atoms with van der Waals surface area (Å²) in [6.45, 7) is 12.2. The van der Waals surface area contributed by atoms with Crippen molar-refractivity contribution in [3.8, 4) is 0 Å². The van der Waals surface area contributed by atoms with Crippen LogP contribution in [0.4, 0.5) is 10.5 Å². The van der Waals surface area contributed by atoms with Crippen LogP contribution in [0.2, 0.25) is 0 Å². The van der Waals surface area contributed by atoms with Crippen molar-refractivity contribution in [2.24, 2.45) is 11.3 Å². The van der Waals surface area contributed by atoms with Crippen molar-refractivity contribution in [1.29, 1.82) is 0 Å². The maximum absolute atomic E-state index is 12.6. The van der Waals surface area contributed by atoms with Crippen LogP contribution in [0.5, 0.6) is 0 Å². The number of aryl methyl sites for hydroxylation is 1. The van der Waals surface area contributed by atoms with Crippen LogP contribution in [0.25, 0.3) is 0 Å². The molecule has 0 saturated carbocycles. The van der Waals surface area contributed by atoms with Gasteiger partial charge in [-0.2, -0.15) is 0 Å². The lowest BCUT2D eigenvalue weighted by molar-refractivity contribution is 0.0236. The molecule has 28 heavy (non-hydrogen) atoms. The van der Waals surface area contributed by atoms with Gasteiger partial charge >= 0.3 is 6.03 Å². The second-order valence-corrected chi connectivity index (χ2v) is 8.50. The number of rotatable bonds is 10. The van der Waals surface area contributed by atoms with Crippen LogP contribution >= 0.6 is 0 Å². The molecule has 0 spiro atoms. The Morgan fingerprint density at radius 3 is 2.43 bits per heavy atom. The molecule has 1 aliphatic rings. The highest BCUT2D eigenvalue weighted by atomic mass is 16.2. The number of ketones is 1. The zero-order valence-electron chi connectivity index (χ0n) is 18.4. The Bertz CT molecular complexity index is 677. The summed E-state index contributed by atoms with van der Waals surface area (Å²) in [5.41, 5.74) is 2.89. The summed E-state index contributed by atoms with van der Waals surface area (Å²) in [5, 5.41) is 3.03. The van der Waals surface area contributed by atoms with Gasteiger partial charge in [-0.25, -0.2) is 4.79 Å². The summed E-state index contributed by atoms with van der Waals surface area (Å²) < 4.78 is 0. The first-order valence-electron chi connectivity index (χ1n) is 11.1. The van der Waals surface area contributed by atoms with Crippen LogP contribution in [0.3, 0.4) is 0 Å². The summed E-state index contributed by atoms with van der Waals surface area (Å²) in [4.78, 5) is 27.1. The maximum Gasteiger partial charge on any atom is 0.321 e. The third-order valence-electron chi connectivity index (χ3n) is 6.46. The molecule has 1 aromatic carbocycles. The van der Waals surface area contributed by atoms with E-state index in [0.717, 1.165) is 49.2 Å². The minimum atomic E-state index is -0.0253. The molecule has 1 fully saturated rings. The largest absolute Gasteiger partial charge is 0.323 e. The number of nitrogens with zero attached hydrogens (tertiary/aromatic N) is 1. The van der Waals surface area contributed by atoms with E-state index < -0.39 is 0 Å². The fraction of sp³-hybridized carbons (Fsp3) is 0.667. The Hall–Kier alpha value is -1.84. The van der Waals surface area contributed by atoms with Gasteiger partial charge in [0, 0.05) is 35.7 Å². The lowest BCUT2D eigenvalue weighted by Crippen LogP contribution is -2.59. The van der Waals surface area contributed by atoms with Gasteiger partial charge in [0.1, 0.15) is 0 Å². The predicted molar refractivity (Wildman–Crippen MR) is 117 cm³/mol. The summed E-state index contributed by atoms with van der Waals surface area (Å²) in [6, 6.07) is 5.67. The molecule has 1 atom stereocenters. The first kappa shape index (κ1) is 22.4. The van der Waals surface area contributed by atoms with Gasteiger partial charge in [-0.05, 0) is 49.4 Å². The molecule has 1 aliphatic heterocycles. The summed E-state index contributed by atoms with van der Waals surface area (Å²) in [7, 11) is 0. The van der Waals surface area contributed by atoms with Crippen LogP contribution in [-0.2, 0) is 6.42 Å². The van der Waals surface area contributed by atoms with Crippen LogP contribution in [0.1, 0.15) is 89.1 Å². The predicted octanol–water partition coefficient (Wildman–Crippen LogP) is 6.30. The van der Waals surface area contributed by atoms with Gasteiger partial charge in [0.25, 0.3) is 0 Å². The van der Waals surface area contributed by atoms with Gasteiger partial charge in [0.05, 0.1) is 0 Å². The number of benzene rings is 1. The monoisotopic (exact) mass is 386 g/mol. The molecule has 156 valence electrons. The number of anilines is 1. The second kappa shape index (κ2) is 10.1. The van der Waals surface area contributed by atoms with Crippen LogP contribution in [0.15, 0.2) is 18.2 Å². The minimum Gasteiger partial charge on any atom is -0.323 e. The quantitative estimate of drug-likeness (QED) is 0.379. The number of likely N-dealkylation sites (tertiary alicyclic amines) is 1. The van der Waals surface area contributed by atoms with Crippen molar-refractivity contribution in [3.63, 3.8) is 0 Å². The Labute approximate surface area is 171 Å². The molecule has 0 radical (unpaired) electrons. The number of Topliss-reactive ketones (excluding diaryl/α,β-unsaturated/α-hetero) is 1. The first-order valence-corrected chi connectivity index (χ1v) is 11.1. The van der Waals surface area contributed by atoms with E-state index >= 15 is 0 Å². The van der Waals surface area contributed by atoms with E-state index in [1.54, 1.807) is 0 Å². The Morgan fingerprint density at radius 1 is 1.14 bits per heavy atom. The molecule has 0 aromatic heterocycles. The molecule has 1 heterocycles. The van der Waals surface area contributed by atoms with E-state index in [0.29, 0.717) is 5.41 Å². The Kier molecular flexibility index (Phi) is 8.09. The van der Waals surface area contributed by atoms with Crippen molar-refractivity contribution in [2.75, 3.05) is 18.4 Å². The molecular formula is C24H38N2O2. The standard InChI is InChI=1S/C24H38N2O2/c1-6-10-11-14-24(9-4)16-26(17-24)23(28)25-20-12-13-21(19(8-3)15-20)22(27)18(5)7-2/h12-13,15,18H,6-11,14,16-17H2,1-5H3,(H,25,28). The topological polar surface area (TPSA) is 49.4 Å². The van der Waals surface area contributed by atoms with Gasteiger partial charge < -0.3 is 10.2 Å². The van der Waals surface area contributed by atoms with E-state index in [-0.39, 0.29) is 17.7 Å². The highest BCUT2D eigenvalue weighted by molar-refractivity contribution is 6.00. The average molecular weight is 387 g/mol. The normalized spacial score (nSPS) is 16.4. The number of unbranched alkanes of at least 4 members (excludes halogenated alkanes) is 2. The van der Waals surface area contributed by atoms with Crippen molar-refractivity contribution < 1.29 is 9.59 Å². The lowest BCUT2D eigenvalue weighted by atomic mass is 9.73. The minimum absolute atomic E-state index is 0.0253. The van der Waals surface area contributed by atoms with Crippen molar-refractivity contribution >= 4 is 17.5 Å². The van der Waals surface area contributed by atoms with E-state index in [1.165, 1.54) is 25.7 Å². The summed E-state index contributed by atoms with van der Waals surface area (Å²) in [6.07, 6.45) is 7.73. The summed E-state index contributed by atoms with van der Waals surface area (Å²) >= 11 is 0. The van der Waals surface area contributed by atoms with Gasteiger partial charge in [-0.1, -0.05) is 53.9 Å². The Balaban J connectivity index is 1.98.